The van der Waals surface area contributed by atoms with E-state index in [1.165, 1.54) is 99.1 Å². The Kier molecular flexibility index (Phi) is 10.2. The van der Waals surface area contributed by atoms with E-state index in [0.29, 0.717) is 0 Å². The Balaban J connectivity index is 0.956. The van der Waals surface area contributed by atoms with Crippen LogP contribution in [0.4, 0.5) is 17.1 Å². The van der Waals surface area contributed by atoms with Crippen LogP contribution in [0.15, 0.2) is 314 Å². The molecule has 0 saturated carbocycles. The average molecular weight is 1040 g/mol. The number of furan rings is 1. The van der Waals surface area contributed by atoms with Gasteiger partial charge in [-0.3, -0.25) is 0 Å². The van der Waals surface area contributed by atoms with Gasteiger partial charge in [0.25, 0.3) is 0 Å². The number of hydrogen-bond donors (Lipinski definition) is 0. The molecule has 0 spiro atoms. The first kappa shape index (κ1) is 46.4. The summed E-state index contributed by atoms with van der Waals surface area (Å²) in [5.41, 5.74) is 21.1. The van der Waals surface area contributed by atoms with Crippen molar-refractivity contribution >= 4 is 71.3 Å². The number of anilines is 3. The summed E-state index contributed by atoms with van der Waals surface area (Å²) in [6, 6.07) is 115. The molecule has 0 fully saturated rings. The van der Waals surface area contributed by atoms with Gasteiger partial charge in [0.2, 0.25) is 0 Å². The summed E-state index contributed by atoms with van der Waals surface area (Å²) in [4.78, 5) is 2.55. The predicted molar refractivity (Wildman–Crippen MR) is 341 cm³/mol. The van der Waals surface area contributed by atoms with Crippen LogP contribution in [-0.4, -0.2) is 0 Å². The number of nitrogens with zero attached hydrogens (tertiary/aromatic N) is 1. The molecule has 14 aromatic carbocycles. The van der Waals surface area contributed by atoms with Crippen molar-refractivity contribution < 1.29 is 4.42 Å². The Hall–Kier alpha value is -10.5. The normalized spacial score (nSPS) is 13.6. The highest BCUT2D eigenvalue weighted by atomic mass is 16.3. The third-order valence-electron chi connectivity index (χ3n) is 18.2. The maximum absolute atomic E-state index is 6.55. The van der Waals surface area contributed by atoms with Crippen molar-refractivity contribution in [3.8, 4) is 33.4 Å². The van der Waals surface area contributed by atoms with Crippen LogP contribution in [0, 0.1) is 0 Å². The molecule has 17 rings (SSSR count). The zero-order valence-electron chi connectivity index (χ0n) is 44.8. The number of fused-ring (bicyclic) bond motifs is 16. The van der Waals surface area contributed by atoms with Gasteiger partial charge in [0.05, 0.1) is 16.5 Å². The van der Waals surface area contributed by atoms with E-state index in [1.54, 1.807) is 0 Å². The third kappa shape index (κ3) is 6.46. The molecule has 0 radical (unpaired) electrons. The SMILES string of the molecule is c1ccc(C2(c3ccccc3)c3ccccc3-c3ccc(N(c4ccc5c(c4)C(c4ccccc4)(c4ccccc4)c4ccccc4-5)c4ccccc4-c4ccc5c6ccccc6c6c(ccc7oc8ccccc8c76)c5c4)cc32)cc1. The molecule has 2 aliphatic rings. The lowest BCUT2D eigenvalue weighted by Crippen LogP contribution is -2.29. The Morgan fingerprint density at radius 1 is 0.244 bits per heavy atom. The van der Waals surface area contributed by atoms with E-state index in [9.17, 15) is 0 Å². The van der Waals surface area contributed by atoms with Gasteiger partial charge in [-0.05, 0) is 154 Å². The van der Waals surface area contributed by atoms with Gasteiger partial charge in [0.15, 0.2) is 0 Å². The quantitative estimate of drug-likeness (QED) is 0.141. The minimum Gasteiger partial charge on any atom is -0.456 e. The standard InChI is InChI=1S/C80H51NO/c1-5-23-53(24-6-1)79(54-25-7-2-8-26-54)70-37-19-15-33-62(70)64-45-42-57(50-72(64)79)81(58-43-46-65-63-34-16-20-38-71(63)80(73(65)51-58,55-27-9-3-10-28-55)56-29-11-4-12-30-56)74-39-21-17-31-59(74)52-41-44-61-60-32-13-14-35-66(60)77-67(69(61)49-52)47-48-76-78(77)68-36-18-22-40-75(68)82-76/h1-51H. The minimum atomic E-state index is -0.598. The van der Waals surface area contributed by atoms with Gasteiger partial charge in [-0.2, -0.15) is 0 Å². The van der Waals surface area contributed by atoms with E-state index in [-0.39, 0.29) is 0 Å². The van der Waals surface area contributed by atoms with Crippen molar-refractivity contribution in [2.24, 2.45) is 0 Å². The molecule has 0 atom stereocenters. The maximum Gasteiger partial charge on any atom is 0.136 e. The van der Waals surface area contributed by atoms with Gasteiger partial charge in [0.1, 0.15) is 11.2 Å². The highest BCUT2D eigenvalue weighted by molar-refractivity contribution is 6.34. The molecule has 1 heterocycles. The first-order chi connectivity index (χ1) is 40.7. The molecule has 1 aromatic heterocycles. The Morgan fingerprint density at radius 3 is 1.22 bits per heavy atom. The van der Waals surface area contributed by atoms with Crippen molar-refractivity contribution in [2.45, 2.75) is 10.8 Å². The molecule has 0 amide bonds. The molecular weight excluding hydrogens is 991 g/mol. The lowest BCUT2D eigenvalue weighted by Gasteiger charge is -2.36. The molecule has 2 nitrogen and oxygen atoms in total. The molecular formula is C80H51NO. The fourth-order valence-corrected chi connectivity index (χ4v) is 14.9. The van der Waals surface area contributed by atoms with Crippen molar-refractivity contribution in [3.05, 3.63) is 354 Å². The fourth-order valence-electron chi connectivity index (χ4n) is 14.9. The number of benzene rings is 14. The average Bonchev–Trinajstić information content (AvgIpc) is 1.95. The smallest absolute Gasteiger partial charge is 0.136 e. The molecule has 2 heteroatoms. The zero-order valence-corrected chi connectivity index (χ0v) is 44.8. The van der Waals surface area contributed by atoms with Gasteiger partial charge >= 0.3 is 0 Å². The van der Waals surface area contributed by atoms with Crippen LogP contribution in [0.25, 0.3) is 87.6 Å². The van der Waals surface area contributed by atoms with E-state index in [2.05, 4.69) is 314 Å². The van der Waals surface area contributed by atoms with Crippen LogP contribution >= 0.6 is 0 Å². The van der Waals surface area contributed by atoms with Gasteiger partial charge < -0.3 is 9.32 Å². The second-order valence-electron chi connectivity index (χ2n) is 22.1. The molecule has 382 valence electrons. The lowest BCUT2D eigenvalue weighted by atomic mass is 9.67. The van der Waals surface area contributed by atoms with E-state index in [1.807, 2.05) is 0 Å². The number of rotatable bonds is 8. The summed E-state index contributed by atoms with van der Waals surface area (Å²) in [5.74, 6) is 0. The summed E-state index contributed by atoms with van der Waals surface area (Å²) in [6.07, 6.45) is 0. The van der Waals surface area contributed by atoms with Crippen LogP contribution in [0.2, 0.25) is 0 Å². The van der Waals surface area contributed by atoms with Gasteiger partial charge in [0, 0.05) is 33.1 Å². The van der Waals surface area contributed by atoms with Crippen LogP contribution in [0.3, 0.4) is 0 Å². The molecule has 0 aliphatic heterocycles. The molecule has 0 N–H and O–H groups in total. The molecule has 0 bridgehead atoms. The van der Waals surface area contributed by atoms with Crippen LogP contribution < -0.4 is 4.90 Å². The van der Waals surface area contributed by atoms with E-state index >= 15 is 0 Å². The first-order valence-corrected chi connectivity index (χ1v) is 28.5. The van der Waals surface area contributed by atoms with Gasteiger partial charge in [-0.15, -0.1) is 0 Å². The Morgan fingerprint density at radius 2 is 0.659 bits per heavy atom. The number of hydrogen-bond acceptors (Lipinski definition) is 2. The second kappa shape index (κ2) is 18.0. The molecule has 0 unspecified atom stereocenters. The Labute approximate surface area is 476 Å². The summed E-state index contributed by atoms with van der Waals surface area (Å²) in [5, 5.41) is 9.59. The fraction of sp³-hybridized carbons (Fsp3) is 0.0250. The van der Waals surface area contributed by atoms with E-state index < -0.39 is 10.8 Å². The van der Waals surface area contributed by atoms with Gasteiger partial charge in [-0.1, -0.05) is 255 Å². The topological polar surface area (TPSA) is 16.4 Å². The molecule has 82 heavy (non-hydrogen) atoms. The van der Waals surface area contributed by atoms with Crippen molar-refractivity contribution in [3.63, 3.8) is 0 Å². The minimum absolute atomic E-state index is 0.598. The number of para-hydroxylation sites is 2. The first-order valence-electron chi connectivity index (χ1n) is 28.5. The second-order valence-corrected chi connectivity index (χ2v) is 22.1. The molecule has 2 aliphatic carbocycles. The van der Waals surface area contributed by atoms with E-state index in [0.717, 1.165) is 50.1 Å². The summed E-state index contributed by atoms with van der Waals surface area (Å²) in [7, 11) is 0. The van der Waals surface area contributed by atoms with Crippen LogP contribution in [0.1, 0.15) is 44.5 Å². The van der Waals surface area contributed by atoms with Crippen molar-refractivity contribution in [1.29, 1.82) is 0 Å². The zero-order chi connectivity index (χ0) is 53.9. The maximum atomic E-state index is 6.55. The third-order valence-corrected chi connectivity index (χ3v) is 18.2. The van der Waals surface area contributed by atoms with E-state index in [4.69, 9.17) is 4.42 Å². The highest BCUT2D eigenvalue weighted by Crippen LogP contribution is 2.60. The molecule has 0 saturated heterocycles. The van der Waals surface area contributed by atoms with Crippen LogP contribution in [-0.2, 0) is 10.8 Å². The summed E-state index contributed by atoms with van der Waals surface area (Å²) >= 11 is 0. The monoisotopic (exact) mass is 1040 g/mol. The van der Waals surface area contributed by atoms with Crippen LogP contribution in [0.5, 0.6) is 0 Å². The largest absolute Gasteiger partial charge is 0.456 e. The predicted octanol–water partition coefficient (Wildman–Crippen LogP) is 20.9. The molecule has 15 aromatic rings. The highest BCUT2D eigenvalue weighted by Gasteiger charge is 2.48. The summed E-state index contributed by atoms with van der Waals surface area (Å²) < 4.78 is 6.55. The van der Waals surface area contributed by atoms with Crippen molar-refractivity contribution in [1.82, 2.24) is 0 Å². The Bertz CT molecular complexity index is 4780. The summed E-state index contributed by atoms with van der Waals surface area (Å²) in [6.45, 7) is 0. The van der Waals surface area contributed by atoms with Gasteiger partial charge in [-0.25, -0.2) is 0 Å². The lowest BCUT2D eigenvalue weighted by molar-refractivity contribution is 0.669. The van der Waals surface area contributed by atoms with Crippen molar-refractivity contribution in [2.75, 3.05) is 4.90 Å².